The number of pyridine rings is 2. The standard InChI is InChI=1S/C71H72N8O11/c1-4-52-54-38-51(32-33-59(54)76-63-55(52)41-79-62(63)39-57-56(66(79)82)43-89-67(83)70(57,87)5-2)88-36-16-34-72-69(86)90-42-45-26-30-50(31-27-45)75-64(80)60(77-65(81)61(78-68(84)85)37-46-40-73-58-22-13-12-21-53(46)58)23-14-15-35-74-71(47-17-8-6-9-18-47,48-19-10-7-11-20-48)49-28-24-44(3)25-29-49/h6-13,17-22,24-33,38-40,60-61,73-74,78,87H,4-5,14-16,23,34-37,41-43H2,1-3H3,(H,72,86)(H,75,80)(H,77,81)(H,84,85)/t60-,61-,70-/m0/s1. The van der Waals surface area contributed by atoms with Crippen molar-refractivity contribution in [3.63, 3.8) is 0 Å². The minimum absolute atomic E-state index is 0.0346. The molecule has 19 heteroatoms. The Kier molecular flexibility index (Phi) is 18.5. The molecular formula is C71H72N8O11. The van der Waals surface area contributed by atoms with Crippen LogP contribution in [0.1, 0.15) is 102 Å². The molecule has 8 N–H and O–H groups in total. The van der Waals surface area contributed by atoms with E-state index in [4.69, 9.17) is 19.2 Å². The van der Waals surface area contributed by atoms with Crippen LogP contribution in [0.4, 0.5) is 15.3 Å². The Hall–Kier alpha value is -10.1. The van der Waals surface area contributed by atoms with Gasteiger partial charge in [0, 0.05) is 52.3 Å². The molecule has 0 spiro atoms. The summed E-state index contributed by atoms with van der Waals surface area (Å²) in [7, 11) is 0. The molecule has 0 fully saturated rings. The van der Waals surface area contributed by atoms with E-state index in [0.29, 0.717) is 66.1 Å². The third kappa shape index (κ3) is 12.9. The van der Waals surface area contributed by atoms with Gasteiger partial charge in [-0.2, -0.15) is 0 Å². The van der Waals surface area contributed by atoms with E-state index in [1.54, 1.807) is 48.0 Å². The molecule has 3 aromatic heterocycles. The van der Waals surface area contributed by atoms with Gasteiger partial charge in [-0.3, -0.25) is 19.7 Å². The number of aromatic nitrogens is 3. The number of carboxylic acid groups (broad SMARTS) is 1. The van der Waals surface area contributed by atoms with Crippen molar-refractivity contribution in [3.05, 3.63) is 230 Å². The first-order valence-electron chi connectivity index (χ1n) is 30.5. The Balaban J connectivity index is 0.698. The Morgan fingerprint density at radius 2 is 1.48 bits per heavy atom. The van der Waals surface area contributed by atoms with Crippen molar-refractivity contribution in [3.8, 4) is 17.1 Å². The van der Waals surface area contributed by atoms with Gasteiger partial charge < -0.3 is 55.2 Å². The second-order valence-electron chi connectivity index (χ2n) is 22.8. The lowest BCUT2D eigenvalue weighted by Gasteiger charge is -2.37. The molecule has 6 aromatic carbocycles. The third-order valence-corrected chi connectivity index (χ3v) is 17.1. The molecule has 0 radical (unpaired) electrons. The number of carbonyl (C=O) groups excluding carboxylic acids is 4. The number of rotatable bonds is 25. The number of cyclic esters (lactones) is 1. The van der Waals surface area contributed by atoms with Crippen LogP contribution in [-0.4, -0.2) is 86.5 Å². The number of amides is 4. The van der Waals surface area contributed by atoms with E-state index in [1.165, 1.54) is 0 Å². The highest BCUT2D eigenvalue weighted by atomic mass is 16.6. The number of unbranched alkanes of at least 4 members (excludes halogenated alkanes) is 1. The number of fused-ring (bicyclic) bond motifs is 6. The van der Waals surface area contributed by atoms with E-state index >= 15 is 0 Å². The minimum atomic E-state index is -1.92. The van der Waals surface area contributed by atoms with Crippen molar-refractivity contribution in [1.29, 1.82) is 0 Å². The van der Waals surface area contributed by atoms with E-state index in [-0.39, 0.29) is 68.9 Å². The number of hydrogen-bond acceptors (Lipinski definition) is 12. The molecule has 19 nitrogen and oxygen atoms in total. The summed E-state index contributed by atoms with van der Waals surface area (Å²) in [5.74, 6) is -1.30. The summed E-state index contributed by atoms with van der Waals surface area (Å²) in [6, 6.07) is 48.4. The first kappa shape index (κ1) is 61.5. The number of ether oxygens (including phenoxy) is 3. The molecule has 2 aliphatic heterocycles. The molecule has 11 rings (SSSR count). The number of esters is 1. The molecule has 2 aliphatic rings. The van der Waals surface area contributed by atoms with E-state index in [1.807, 2.05) is 85.8 Å². The SMILES string of the molecule is CCc1c2c(nc3ccc(OCCCNC(=O)OCc4ccc(NC(=O)[C@H](CCCCNC(c5ccccc5)(c5ccccc5)c5ccc(C)cc5)NC(=O)[C@H](Cc5c[nH]c6ccccc56)NC(=O)O)cc4)cc13)-c1cc3c(c(=O)n1C2)COC(=O)[C@]3(O)CC. The number of anilines is 1. The zero-order valence-electron chi connectivity index (χ0n) is 50.4. The van der Waals surface area contributed by atoms with Gasteiger partial charge >= 0.3 is 18.2 Å². The number of benzene rings is 6. The first-order chi connectivity index (χ1) is 43.7. The third-order valence-electron chi connectivity index (χ3n) is 17.1. The van der Waals surface area contributed by atoms with Crippen molar-refractivity contribution >= 4 is 57.5 Å². The molecule has 0 aliphatic carbocycles. The van der Waals surface area contributed by atoms with Crippen molar-refractivity contribution in [2.24, 2.45) is 0 Å². The quantitative estimate of drug-likeness (QED) is 0.0151. The maximum atomic E-state index is 14.3. The monoisotopic (exact) mass is 1210 g/mol. The lowest BCUT2D eigenvalue weighted by atomic mass is 9.76. The van der Waals surface area contributed by atoms with Crippen molar-refractivity contribution in [1.82, 2.24) is 35.8 Å². The number of aromatic amines is 1. The molecule has 90 heavy (non-hydrogen) atoms. The fourth-order valence-corrected chi connectivity index (χ4v) is 12.4. The van der Waals surface area contributed by atoms with E-state index in [0.717, 1.165) is 55.2 Å². The van der Waals surface area contributed by atoms with Crippen molar-refractivity contribution in [2.75, 3.05) is 25.0 Å². The van der Waals surface area contributed by atoms with Gasteiger partial charge in [0.15, 0.2) is 5.60 Å². The Bertz CT molecular complexity index is 4130. The van der Waals surface area contributed by atoms with Crippen LogP contribution in [0.25, 0.3) is 33.2 Å². The minimum Gasteiger partial charge on any atom is -0.494 e. The number of aliphatic hydroxyl groups is 1. The summed E-state index contributed by atoms with van der Waals surface area (Å²) in [5, 5.41) is 37.8. The second-order valence-corrected chi connectivity index (χ2v) is 22.8. The average Bonchev–Trinajstić information content (AvgIpc) is 1.54. The molecule has 0 unspecified atom stereocenters. The van der Waals surface area contributed by atoms with Gasteiger partial charge in [-0.05, 0) is 128 Å². The fraction of sp³-hybridized carbons (Fsp3) is 0.282. The van der Waals surface area contributed by atoms with Gasteiger partial charge in [-0.15, -0.1) is 0 Å². The van der Waals surface area contributed by atoms with E-state index in [2.05, 4.69) is 87.0 Å². The Morgan fingerprint density at radius 3 is 2.19 bits per heavy atom. The maximum Gasteiger partial charge on any atom is 0.407 e. The molecule has 5 heterocycles. The Labute approximate surface area is 520 Å². The van der Waals surface area contributed by atoms with Crippen molar-refractivity contribution < 1.29 is 48.4 Å². The largest absolute Gasteiger partial charge is 0.494 e. The predicted octanol–water partition coefficient (Wildman–Crippen LogP) is 10.2. The highest BCUT2D eigenvalue weighted by molar-refractivity contribution is 5.98. The van der Waals surface area contributed by atoms with Gasteiger partial charge in [0.2, 0.25) is 11.8 Å². The van der Waals surface area contributed by atoms with Crippen LogP contribution in [0, 0.1) is 6.92 Å². The number of alkyl carbamates (subject to hydrolysis) is 1. The molecule has 3 atom stereocenters. The number of H-pyrrole nitrogens is 1. The average molecular weight is 1210 g/mol. The highest BCUT2D eigenvalue weighted by Crippen LogP contribution is 2.42. The highest BCUT2D eigenvalue weighted by Gasteiger charge is 2.46. The molecule has 0 saturated heterocycles. The molecule has 9 aromatic rings. The van der Waals surface area contributed by atoms with Crippen LogP contribution in [0.2, 0.25) is 0 Å². The summed E-state index contributed by atoms with van der Waals surface area (Å²) in [6.45, 7) is 6.90. The topological polar surface area (TPSA) is 264 Å². The summed E-state index contributed by atoms with van der Waals surface area (Å²) in [6.07, 6.45) is 2.31. The number of nitrogens with zero attached hydrogens (tertiary/aromatic N) is 2. The maximum absolute atomic E-state index is 14.3. The van der Waals surface area contributed by atoms with Crippen LogP contribution >= 0.6 is 0 Å². The first-order valence-corrected chi connectivity index (χ1v) is 30.5. The number of aryl methyl sites for hydroxylation is 2. The van der Waals surface area contributed by atoms with Crippen LogP contribution in [0.5, 0.6) is 5.75 Å². The predicted molar refractivity (Wildman–Crippen MR) is 342 cm³/mol. The number of nitrogens with one attached hydrogen (secondary N) is 6. The number of hydrogen-bond donors (Lipinski definition) is 8. The lowest BCUT2D eigenvalue weighted by Crippen LogP contribution is -2.53. The van der Waals surface area contributed by atoms with Gasteiger partial charge in [-0.1, -0.05) is 135 Å². The molecule has 4 amide bonds. The van der Waals surface area contributed by atoms with Crippen LogP contribution in [-0.2, 0) is 67.6 Å². The second kappa shape index (κ2) is 27.1. The lowest BCUT2D eigenvalue weighted by molar-refractivity contribution is -0.172. The van der Waals surface area contributed by atoms with Gasteiger partial charge in [-0.25, -0.2) is 19.4 Å². The fourth-order valence-electron chi connectivity index (χ4n) is 12.4. The van der Waals surface area contributed by atoms with E-state index in [9.17, 15) is 39.0 Å². The van der Waals surface area contributed by atoms with Crippen LogP contribution < -0.4 is 36.9 Å². The number of para-hydroxylation sites is 1. The molecule has 462 valence electrons. The smallest absolute Gasteiger partial charge is 0.407 e. The van der Waals surface area contributed by atoms with Gasteiger partial charge in [0.05, 0.1) is 41.2 Å². The zero-order chi connectivity index (χ0) is 62.9. The summed E-state index contributed by atoms with van der Waals surface area (Å²) >= 11 is 0. The summed E-state index contributed by atoms with van der Waals surface area (Å²) < 4.78 is 18.5. The van der Waals surface area contributed by atoms with Gasteiger partial charge in [0.25, 0.3) is 5.56 Å². The molecule has 0 bridgehead atoms. The molecule has 0 saturated carbocycles. The summed E-state index contributed by atoms with van der Waals surface area (Å²) in [5.41, 5.74) is 8.37. The number of carbonyl (C=O) groups is 5. The van der Waals surface area contributed by atoms with Crippen LogP contribution in [0.3, 0.4) is 0 Å². The normalized spacial score (nSPS) is 14.8. The van der Waals surface area contributed by atoms with E-state index < -0.39 is 53.2 Å². The summed E-state index contributed by atoms with van der Waals surface area (Å²) in [4.78, 5) is 88.1. The van der Waals surface area contributed by atoms with Gasteiger partial charge in [0.1, 0.15) is 31.0 Å². The molecular weight excluding hydrogens is 1140 g/mol. The zero-order valence-corrected chi connectivity index (χ0v) is 50.4. The Morgan fingerprint density at radius 1 is 0.767 bits per heavy atom. The van der Waals surface area contributed by atoms with Crippen molar-refractivity contribution in [2.45, 2.75) is 109 Å². The van der Waals surface area contributed by atoms with Crippen LogP contribution in [0.15, 0.2) is 169 Å².